The molecule has 0 heterocycles. The molecule has 2 N–H and O–H groups in total. The third-order valence-electron chi connectivity index (χ3n) is 8.12. The summed E-state index contributed by atoms with van der Waals surface area (Å²) < 4.78 is 0. The van der Waals surface area contributed by atoms with E-state index in [2.05, 4.69) is 27.7 Å². The van der Waals surface area contributed by atoms with Crippen LogP contribution in [0.15, 0.2) is 0 Å². The lowest BCUT2D eigenvalue weighted by Crippen LogP contribution is -2.47. The third-order valence-corrected chi connectivity index (χ3v) is 8.12. The second-order valence-corrected chi connectivity index (χ2v) is 11.4. The predicted molar refractivity (Wildman–Crippen MR) is 153 cm³/mol. The van der Waals surface area contributed by atoms with Gasteiger partial charge in [0.15, 0.2) is 0 Å². The van der Waals surface area contributed by atoms with Gasteiger partial charge in [-0.05, 0) is 31.6 Å². The Bertz CT molecular complexity index is 354. The fourth-order valence-corrected chi connectivity index (χ4v) is 5.71. The van der Waals surface area contributed by atoms with E-state index in [1.165, 1.54) is 167 Å². The molecular formula is C32H67N. The van der Waals surface area contributed by atoms with E-state index < -0.39 is 0 Å². The van der Waals surface area contributed by atoms with Gasteiger partial charge in [0.25, 0.3) is 0 Å². The van der Waals surface area contributed by atoms with E-state index in [1.807, 2.05) is 0 Å². The molecule has 0 aromatic carbocycles. The number of nitrogens with two attached hydrogens (primary N) is 1. The summed E-state index contributed by atoms with van der Waals surface area (Å²) in [5.41, 5.74) is 7.36. The lowest BCUT2D eigenvalue weighted by molar-refractivity contribution is 0.190. The van der Waals surface area contributed by atoms with Crippen LogP contribution >= 0.6 is 0 Å². The van der Waals surface area contributed by atoms with Gasteiger partial charge < -0.3 is 5.73 Å². The minimum atomic E-state index is 0.106. The van der Waals surface area contributed by atoms with Gasteiger partial charge in [-0.2, -0.15) is 0 Å². The summed E-state index contributed by atoms with van der Waals surface area (Å²) in [7, 11) is 0. The quantitative estimate of drug-likeness (QED) is 0.120. The lowest BCUT2D eigenvalue weighted by atomic mass is 9.72. The molecule has 0 aliphatic carbocycles. The smallest absolute Gasteiger partial charge is 0.0182 e. The van der Waals surface area contributed by atoms with Gasteiger partial charge in [-0.15, -0.1) is 0 Å². The molecule has 33 heavy (non-hydrogen) atoms. The Balaban J connectivity index is 4.25. The van der Waals surface area contributed by atoms with Crippen molar-refractivity contribution in [2.45, 2.75) is 200 Å². The first-order chi connectivity index (χ1) is 16.1. The summed E-state index contributed by atoms with van der Waals surface area (Å²) in [5.74, 6) is 0.755. The van der Waals surface area contributed by atoms with Crippen LogP contribution < -0.4 is 5.73 Å². The van der Waals surface area contributed by atoms with E-state index in [9.17, 15) is 0 Å². The molecule has 0 saturated carbocycles. The van der Waals surface area contributed by atoms with E-state index in [0.717, 1.165) is 5.92 Å². The summed E-state index contributed by atoms with van der Waals surface area (Å²) in [5, 5.41) is 0. The first-order valence-corrected chi connectivity index (χ1v) is 15.9. The minimum Gasteiger partial charge on any atom is -0.325 e. The fourth-order valence-electron chi connectivity index (χ4n) is 5.71. The second-order valence-electron chi connectivity index (χ2n) is 11.4. The fraction of sp³-hybridized carbons (Fsp3) is 1.00. The maximum atomic E-state index is 7.25. The Hall–Kier alpha value is -0.0400. The second kappa shape index (κ2) is 25.1. The molecule has 0 aliphatic rings. The van der Waals surface area contributed by atoms with Gasteiger partial charge in [-0.3, -0.25) is 0 Å². The molecular weight excluding hydrogens is 398 g/mol. The molecule has 0 amide bonds. The molecule has 1 atom stereocenters. The zero-order valence-electron chi connectivity index (χ0n) is 24.0. The molecule has 1 nitrogen and oxygen atoms in total. The van der Waals surface area contributed by atoms with Crippen molar-refractivity contribution >= 4 is 0 Å². The summed E-state index contributed by atoms with van der Waals surface area (Å²) in [6.07, 6.45) is 36.2. The lowest BCUT2D eigenvalue weighted by Gasteiger charge is -2.39. The van der Waals surface area contributed by atoms with E-state index in [-0.39, 0.29) is 5.54 Å². The maximum Gasteiger partial charge on any atom is 0.0182 e. The maximum absolute atomic E-state index is 7.25. The molecule has 0 rings (SSSR count). The van der Waals surface area contributed by atoms with Crippen molar-refractivity contribution in [3.63, 3.8) is 0 Å². The number of unbranched alkanes of at least 4 members (excludes halogenated alkanes) is 18. The van der Waals surface area contributed by atoms with Crippen molar-refractivity contribution in [3.8, 4) is 0 Å². The number of rotatable bonds is 27. The Morgan fingerprint density at radius 2 is 0.667 bits per heavy atom. The summed E-state index contributed by atoms with van der Waals surface area (Å²) in [6, 6.07) is 0. The first kappa shape index (κ1) is 33.0. The highest BCUT2D eigenvalue weighted by Crippen LogP contribution is 2.35. The zero-order chi connectivity index (χ0) is 24.5. The van der Waals surface area contributed by atoms with Gasteiger partial charge in [0.1, 0.15) is 0 Å². The van der Waals surface area contributed by atoms with Crippen molar-refractivity contribution in [1.82, 2.24) is 0 Å². The molecule has 0 aromatic heterocycles. The van der Waals surface area contributed by atoms with Crippen molar-refractivity contribution in [2.24, 2.45) is 11.7 Å². The molecule has 0 bridgehead atoms. The summed E-state index contributed by atoms with van der Waals surface area (Å²) in [4.78, 5) is 0. The minimum absolute atomic E-state index is 0.106. The van der Waals surface area contributed by atoms with Crippen LogP contribution in [-0.4, -0.2) is 5.54 Å². The van der Waals surface area contributed by atoms with Crippen LogP contribution in [0.1, 0.15) is 195 Å². The van der Waals surface area contributed by atoms with E-state index in [1.54, 1.807) is 0 Å². The van der Waals surface area contributed by atoms with E-state index >= 15 is 0 Å². The molecule has 0 radical (unpaired) electrons. The molecule has 0 aliphatic heterocycles. The van der Waals surface area contributed by atoms with Gasteiger partial charge in [-0.1, -0.05) is 169 Å². The van der Waals surface area contributed by atoms with Gasteiger partial charge in [0, 0.05) is 5.54 Å². The molecule has 200 valence electrons. The molecule has 0 saturated heterocycles. The Labute approximate surface area is 211 Å². The van der Waals surface area contributed by atoms with Gasteiger partial charge in [0.2, 0.25) is 0 Å². The topological polar surface area (TPSA) is 26.0 Å². The van der Waals surface area contributed by atoms with Crippen LogP contribution in [0.2, 0.25) is 0 Å². The Morgan fingerprint density at radius 1 is 0.394 bits per heavy atom. The summed E-state index contributed by atoms with van der Waals surface area (Å²) in [6.45, 7) is 9.28. The number of hydrogen-bond acceptors (Lipinski definition) is 1. The highest BCUT2D eigenvalue weighted by molar-refractivity contribution is 4.91. The monoisotopic (exact) mass is 466 g/mol. The molecule has 0 aromatic rings. The highest BCUT2D eigenvalue weighted by Gasteiger charge is 2.32. The molecule has 0 spiro atoms. The molecule has 1 heteroatoms. The van der Waals surface area contributed by atoms with Crippen molar-refractivity contribution in [1.29, 1.82) is 0 Å². The average molecular weight is 466 g/mol. The molecule has 0 fully saturated rings. The van der Waals surface area contributed by atoms with Crippen LogP contribution in [0.4, 0.5) is 0 Å². The standard InChI is InChI=1S/C32H67N/c1-5-9-13-14-15-16-17-18-19-20-21-22-24-28-31(27-23-10-6-2)32(33,29-25-11-7-3)30-26-12-8-4/h31H,5-30,33H2,1-4H3. The van der Waals surface area contributed by atoms with E-state index in [4.69, 9.17) is 5.73 Å². The van der Waals surface area contributed by atoms with Crippen LogP contribution in [0.5, 0.6) is 0 Å². The van der Waals surface area contributed by atoms with Crippen LogP contribution in [-0.2, 0) is 0 Å². The van der Waals surface area contributed by atoms with Gasteiger partial charge in [-0.25, -0.2) is 0 Å². The van der Waals surface area contributed by atoms with Crippen molar-refractivity contribution < 1.29 is 0 Å². The van der Waals surface area contributed by atoms with Crippen LogP contribution in [0.25, 0.3) is 0 Å². The summed E-state index contributed by atoms with van der Waals surface area (Å²) >= 11 is 0. The van der Waals surface area contributed by atoms with Gasteiger partial charge in [0.05, 0.1) is 0 Å². The highest BCUT2D eigenvalue weighted by atomic mass is 14.8. The van der Waals surface area contributed by atoms with Crippen LogP contribution in [0, 0.1) is 5.92 Å². The Morgan fingerprint density at radius 3 is 1.06 bits per heavy atom. The number of hydrogen-bond donors (Lipinski definition) is 1. The largest absolute Gasteiger partial charge is 0.325 e. The van der Waals surface area contributed by atoms with Crippen LogP contribution in [0.3, 0.4) is 0 Å². The first-order valence-electron chi connectivity index (χ1n) is 15.9. The average Bonchev–Trinajstić information content (AvgIpc) is 2.81. The Kier molecular flexibility index (Phi) is 25.0. The SMILES string of the molecule is CCCCCCCCCCCCCCCC(CCCCC)C(N)(CCCCC)CCCCC. The van der Waals surface area contributed by atoms with E-state index in [0.29, 0.717) is 0 Å². The zero-order valence-corrected chi connectivity index (χ0v) is 24.0. The van der Waals surface area contributed by atoms with Crippen molar-refractivity contribution in [3.05, 3.63) is 0 Å². The van der Waals surface area contributed by atoms with Gasteiger partial charge >= 0.3 is 0 Å². The third kappa shape index (κ3) is 19.9. The normalized spacial score (nSPS) is 13.0. The predicted octanol–water partition coefficient (Wildman–Crippen LogP) is 11.5. The van der Waals surface area contributed by atoms with Crippen molar-refractivity contribution in [2.75, 3.05) is 0 Å². The molecule has 1 unspecified atom stereocenters.